The molecule has 0 saturated carbocycles. The van der Waals surface area contributed by atoms with Gasteiger partial charge in [-0.25, -0.2) is 0 Å². The van der Waals surface area contributed by atoms with Crippen molar-refractivity contribution in [1.82, 2.24) is 0 Å². The third-order valence-electron chi connectivity index (χ3n) is 2.94. The maximum atomic E-state index is 5.93. The molecule has 4 nitrogen and oxygen atoms in total. The summed E-state index contributed by atoms with van der Waals surface area (Å²) in [6.45, 7) is 6.14. The second-order valence-electron chi connectivity index (χ2n) is 4.39. The van der Waals surface area contributed by atoms with E-state index in [0.717, 1.165) is 21.5 Å². The molecular formula is C14H18Br2O4. The normalized spacial score (nSPS) is 16.2. The highest BCUT2D eigenvalue weighted by Gasteiger charge is 2.24. The summed E-state index contributed by atoms with van der Waals surface area (Å²) in [5.41, 5.74) is 1.04. The standard InChI is InChI=1S/C14H18Br2O4/c1-3-17-4-5-18-14(9(2)15)10-6-12-13(7-11(10)16)20-8-19-12/h6-7,9,14H,3-5,8H2,1-2H3/t9-,14+/m0/s1. The van der Waals surface area contributed by atoms with E-state index in [2.05, 4.69) is 38.8 Å². The van der Waals surface area contributed by atoms with E-state index in [1.807, 2.05) is 19.1 Å². The number of ether oxygens (including phenoxy) is 4. The molecule has 20 heavy (non-hydrogen) atoms. The number of fused-ring (bicyclic) bond motifs is 1. The second kappa shape index (κ2) is 7.64. The number of hydrogen-bond acceptors (Lipinski definition) is 4. The van der Waals surface area contributed by atoms with Gasteiger partial charge in [0, 0.05) is 21.5 Å². The Hall–Kier alpha value is -0.300. The Kier molecular flexibility index (Phi) is 6.14. The lowest BCUT2D eigenvalue weighted by molar-refractivity contribution is 0.00779. The van der Waals surface area contributed by atoms with E-state index in [-0.39, 0.29) is 17.7 Å². The maximum Gasteiger partial charge on any atom is 0.231 e. The van der Waals surface area contributed by atoms with Crippen LogP contribution in [0.4, 0.5) is 0 Å². The summed E-state index contributed by atoms with van der Waals surface area (Å²) in [6, 6.07) is 3.89. The lowest BCUT2D eigenvalue weighted by Gasteiger charge is -2.22. The first-order valence-corrected chi connectivity index (χ1v) is 8.26. The molecule has 0 fully saturated rings. The van der Waals surface area contributed by atoms with Crippen molar-refractivity contribution in [1.29, 1.82) is 0 Å². The highest BCUT2D eigenvalue weighted by atomic mass is 79.9. The van der Waals surface area contributed by atoms with E-state index < -0.39 is 0 Å². The van der Waals surface area contributed by atoms with E-state index in [0.29, 0.717) is 19.8 Å². The molecular weight excluding hydrogens is 392 g/mol. The Morgan fingerprint density at radius 2 is 1.95 bits per heavy atom. The van der Waals surface area contributed by atoms with E-state index in [1.54, 1.807) is 0 Å². The van der Waals surface area contributed by atoms with Crippen LogP contribution in [0.3, 0.4) is 0 Å². The van der Waals surface area contributed by atoms with Crippen molar-refractivity contribution < 1.29 is 18.9 Å². The van der Waals surface area contributed by atoms with Crippen molar-refractivity contribution in [3.8, 4) is 11.5 Å². The van der Waals surface area contributed by atoms with Gasteiger partial charge in [0.1, 0.15) is 0 Å². The van der Waals surface area contributed by atoms with Crippen molar-refractivity contribution in [2.45, 2.75) is 24.8 Å². The summed E-state index contributed by atoms with van der Waals surface area (Å²) in [6.07, 6.45) is -0.0840. The molecule has 1 aromatic carbocycles. The highest BCUT2D eigenvalue weighted by Crippen LogP contribution is 2.41. The molecule has 0 aliphatic carbocycles. The number of rotatable bonds is 7. The molecule has 0 bridgehead atoms. The molecule has 0 spiro atoms. The van der Waals surface area contributed by atoms with Gasteiger partial charge < -0.3 is 18.9 Å². The molecule has 0 N–H and O–H groups in total. The minimum Gasteiger partial charge on any atom is -0.454 e. The van der Waals surface area contributed by atoms with Crippen LogP contribution in [0, 0.1) is 0 Å². The van der Waals surface area contributed by atoms with Gasteiger partial charge in [0.15, 0.2) is 11.5 Å². The predicted octanol–water partition coefficient (Wildman–Crippen LogP) is 4.06. The van der Waals surface area contributed by atoms with Crippen molar-refractivity contribution >= 4 is 31.9 Å². The van der Waals surface area contributed by atoms with Gasteiger partial charge in [-0.2, -0.15) is 0 Å². The Balaban J connectivity index is 2.12. The molecule has 6 heteroatoms. The van der Waals surface area contributed by atoms with Gasteiger partial charge in [-0.05, 0) is 26.0 Å². The average Bonchev–Trinajstić information content (AvgIpc) is 2.85. The Morgan fingerprint density at radius 1 is 1.25 bits per heavy atom. The number of halogens is 2. The summed E-state index contributed by atoms with van der Waals surface area (Å²) in [4.78, 5) is 0.167. The third-order valence-corrected chi connectivity index (χ3v) is 4.11. The predicted molar refractivity (Wildman–Crippen MR) is 83.8 cm³/mol. The molecule has 1 aliphatic heterocycles. The first-order chi connectivity index (χ1) is 9.63. The van der Waals surface area contributed by atoms with Crippen molar-refractivity contribution in [3.63, 3.8) is 0 Å². The van der Waals surface area contributed by atoms with E-state index in [4.69, 9.17) is 18.9 Å². The zero-order valence-electron chi connectivity index (χ0n) is 11.5. The summed E-state index contributed by atoms with van der Waals surface area (Å²) < 4.78 is 23.0. The summed E-state index contributed by atoms with van der Waals surface area (Å²) in [5, 5.41) is 0. The molecule has 1 heterocycles. The van der Waals surface area contributed by atoms with Crippen LogP contribution in [-0.2, 0) is 9.47 Å². The fraction of sp³-hybridized carbons (Fsp3) is 0.571. The smallest absolute Gasteiger partial charge is 0.231 e. The van der Waals surface area contributed by atoms with E-state index in [1.165, 1.54) is 0 Å². The van der Waals surface area contributed by atoms with Gasteiger partial charge in [0.25, 0.3) is 0 Å². The molecule has 1 aromatic rings. The van der Waals surface area contributed by atoms with Crippen LogP contribution < -0.4 is 9.47 Å². The molecule has 0 aromatic heterocycles. The van der Waals surface area contributed by atoms with Crippen LogP contribution in [0.1, 0.15) is 25.5 Å². The van der Waals surface area contributed by atoms with Crippen LogP contribution in [0.15, 0.2) is 16.6 Å². The maximum absolute atomic E-state index is 5.93. The van der Waals surface area contributed by atoms with Gasteiger partial charge in [-0.1, -0.05) is 31.9 Å². The fourth-order valence-corrected chi connectivity index (χ4v) is 2.98. The lowest BCUT2D eigenvalue weighted by atomic mass is 10.1. The summed E-state index contributed by atoms with van der Waals surface area (Å²) in [7, 11) is 0. The lowest BCUT2D eigenvalue weighted by Crippen LogP contribution is -2.17. The van der Waals surface area contributed by atoms with Gasteiger partial charge in [0.2, 0.25) is 6.79 Å². The number of alkyl halides is 1. The average molecular weight is 410 g/mol. The van der Waals surface area contributed by atoms with Gasteiger partial charge in [-0.15, -0.1) is 0 Å². The van der Waals surface area contributed by atoms with E-state index in [9.17, 15) is 0 Å². The monoisotopic (exact) mass is 408 g/mol. The summed E-state index contributed by atoms with van der Waals surface area (Å²) in [5.74, 6) is 1.52. The minimum atomic E-state index is -0.0840. The molecule has 2 rings (SSSR count). The summed E-state index contributed by atoms with van der Waals surface area (Å²) >= 11 is 7.18. The van der Waals surface area contributed by atoms with Crippen LogP contribution in [-0.4, -0.2) is 31.4 Å². The Bertz CT molecular complexity index is 451. The minimum absolute atomic E-state index is 0.0840. The third kappa shape index (κ3) is 3.87. The molecule has 0 unspecified atom stereocenters. The van der Waals surface area contributed by atoms with Gasteiger partial charge >= 0.3 is 0 Å². The Morgan fingerprint density at radius 3 is 2.60 bits per heavy atom. The molecule has 2 atom stereocenters. The Labute approximate surface area is 136 Å². The zero-order chi connectivity index (χ0) is 14.5. The van der Waals surface area contributed by atoms with Crippen LogP contribution in [0.25, 0.3) is 0 Å². The quantitative estimate of drug-likeness (QED) is 0.502. The first kappa shape index (κ1) is 16.1. The first-order valence-electron chi connectivity index (χ1n) is 6.56. The highest BCUT2D eigenvalue weighted by molar-refractivity contribution is 9.10. The van der Waals surface area contributed by atoms with Crippen LogP contribution in [0.2, 0.25) is 0 Å². The van der Waals surface area contributed by atoms with Crippen molar-refractivity contribution in [3.05, 3.63) is 22.2 Å². The molecule has 0 amide bonds. The largest absolute Gasteiger partial charge is 0.454 e. The van der Waals surface area contributed by atoms with E-state index >= 15 is 0 Å². The molecule has 0 saturated heterocycles. The van der Waals surface area contributed by atoms with Crippen LogP contribution >= 0.6 is 31.9 Å². The number of hydrogen-bond donors (Lipinski definition) is 0. The fourth-order valence-electron chi connectivity index (χ4n) is 2.00. The molecule has 0 radical (unpaired) electrons. The molecule has 112 valence electrons. The van der Waals surface area contributed by atoms with Crippen molar-refractivity contribution in [2.75, 3.05) is 26.6 Å². The number of benzene rings is 1. The zero-order valence-corrected chi connectivity index (χ0v) is 14.7. The second-order valence-corrected chi connectivity index (χ2v) is 6.69. The van der Waals surface area contributed by atoms with Crippen LogP contribution in [0.5, 0.6) is 11.5 Å². The van der Waals surface area contributed by atoms with Crippen molar-refractivity contribution in [2.24, 2.45) is 0 Å². The molecule has 1 aliphatic rings. The topological polar surface area (TPSA) is 36.9 Å². The van der Waals surface area contributed by atoms with Gasteiger partial charge in [0.05, 0.1) is 19.3 Å². The SMILES string of the molecule is CCOCCO[C@@H](c1cc2c(cc1Br)OCO2)[C@H](C)Br. The van der Waals surface area contributed by atoms with Gasteiger partial charge in [-0.3, -0.25) is 0 Å².